The summed E-state index contributed by atoms with van der Waals surface area (Å²) in [5, 5.41) is 7.79. The van der Waals surface area contributed by atoms with Crippen molar-refractivity contribution in [1.82, 2.24) is 24.3 Å². The van der Waals surface area contributed by atoms with Crippen LogP contribution in [0.5, 0.6) is 0 Å². The highest BCUT2D eigenvalue weighted by molar-refractivity contribution is 5.50. The highest BCUT2D eigenvalue weighted by atomic mass is 15.2. The number of benzene rings is 2. The average Bonchev–Trinajstić information content (AvgIpc) is 3.34. The van der Waals surface area contributed by atoms with Gasteiger partial charge in [0, 0.05) is 18.3 Å². The lowest BCUT2D eigenvalue weighted by molar-refractivity contribution is 0.786. The molecule has 0 N–H and O–H groups in total. The maximum Gasteiger partial charge on any atom is 0.123 e. The van der Waals surface area contributed by atoms with E-state index in [1.165, 1.54) is 11.1 Å². The van der Waals surface area contributed by atoms with E-state index < -0.39 is 0 Å². The van der Waals surface area contributed by atoms with Crippen LogP contribution in [0.3, 0.4) is 0 Å². The molecule has 4 rings (SSSR count). The van der Waals surface area contributed by atoms with Gasteiger partial charge < -0.3 is 4.57 Å². The Morgan fingerprint density at radius 3 is 2.48 bits per heavy atom. The van der Waals surface area contributed by atoms with Gasteiger partial charge in [-0.25, -0.2) is 4.98 Å². The number of aryl methyl sites for hydroxylation is 1. The predicted molar refractivity (Wildman–Crippen MR) is 97.2 cm³/mol. The van der Waals surface area contributed by atoms with E-state index in [1.807, 2.05) is 23.0 Å². The molecule has 4 aromatic rings. The van der Waals surface area contributed by atoms with Crippen molar-refractivity contribution in [3.8, 4) is 11.4 Å². The Kier molecular flexibility index (Phi) is 3.90. The lowest BCUT2D eigenvalue weighted by Crippen LogP contribution is -2.08. The van der Waals surface area contributed by atoms with Gasteiger partial charge in [0.05, 0.1) is 11.4 Å². The third-order valence-electron chi connectivity index (χ3n) is 4.53. The quantitative estimate of drug-likeness (QED) is 0.570. The minimum absolute atomic E-state index is 0.203. The van der Waals surface area contributed by atoms with Crippen LogP contribution in [0.25, 0.3) is 11.4 Å². The second-order valence-electron chi connectivity index (χ2n) is 6.13. The summed E-state index contributed by atoms with van der Waals surface area (Å²) in [6.07, 6.45) is 7.29. The van der Waals surface area contributed by atoms with Gasteiger partial charge in [0.1, 0.15) is 18.5 Å². The highest BCUT2D eigenvalue weighted by Crippen LogP contribution is 2.27. The van der Waals surface area contributed by atoms with E-state index in [4.69, 9.17) is 0 Å². The summed E-state index contributed by atoms with van der Waals surface area (Å²) in [6, 6.07) is 16.8. The average molecular weight is 329 g/mol. The van der Waals surface area contributed by atoms with Crippen LogP contribution < -0.4 is 0 Å². The van der Waals surface area contributed by atoms with Crippen LogP contribution in [0.1, 0.15) is 29.8 Å². The molecular formula is C20H19N5. The Balaban J connectivity index is 1.79. The van der Waals surface area contributed by atoms with Gasteiger partial charge in [-0.2, -0.15) is 0 Å². The summed E-state index contributed by atoms with van der Waals surface area (Å²) in [5.74, 6) is 1.23. The van der Waals surface area contributed by atoms with Gasteiger partial charge >= 0.3 is 0 Å². The molecule has 2 aromatic heterocycles. The molecule has 124 valence electrons. The fourth-order valence-electron chi connectivity index (χ4n) is 3.08. The minimum atomic E-state index is 0.203. The molecule has 0 saturated carbocycles. The molecule has 0 aliphatic carbocycles. The minimum Gasteiger partial charge on any atom is -0.303 e. The van der Waals surface area contributed by atoms with Gasteiger partial charge in [-0.15, -0.1) is 10.2 Å². The van der Waals surface area contributed by atoms with Crippen LogP contribution in [-0.2, 0) is 0 Å². The molecule has 5 heteroatoms. The summed E-state index contributed by atoms with van der Waals surface area (Å²) < 4.78 is 4.07. The molecule has 0 fully saturated rings. The van der Waals surface area contributed by atoms with Crippen molar-refractivity contribution in [3.05, 3.63) is 90.5 Å². The summed E-state index contributed by atoms with van der Waals surface area (Å²) in [4.78, 5) is 4.63. The zero-order chi connectivity index (χ0) is 17.2. The second-order valence-corrected chi connectivity index (χ2v) is 6.13. The number of rotatable bonds is 4. The maximum atomic E-state index is 4.63. The third kappa shape index (κ3) is 2.85. The molecule has 0 aliphatic rings. The molecule has 25 heavy (non-hydrogen) atoms. The first-order valence-electron chi connectivity index (χ1n) is 8.28. The number of imidazole rings is 1. The van der Waals surface area contributed by atoms with E-state index in [1.54, 1.807) is 12.7 Å². The normalized spacial score (nSPS) is 12.2. The van der Waals surface area contributed by atoms with E-state index in [0.717, 1.165) is 17.2 Å². The number of aromatic nitrogens is 5. The van der Waals surface area contributed by atoms with E-state index in [9.17, 15) is 0 Å². The fourth-order valence-corrected chi connectivity index (χ4v) is 3.08. The SMILES string of the molecule is Cc1ccc(-n2cnnc2)cc1-n1ccnc1[C@@H](C)c1ccccc1. The molecule has 0 bridgehead atoms. The number of nitrogens with zero attached hydrogens (tertiary/aromatic N) is 5. The van der Waals surface area contributed by atoms with Crippen molar-refractivity contribution in [2.45, 2.75) is 19.8 Å². The van der Waals surface area contributed by atoms with Gasteiger partial charge in [0.2, 0.25) is 0 Å². The first-order chi connectivity index (χ1) is 12.2. The Labute approximate surface area is 146 Å². The lowest BCUT2D eigenvalue weighted by Gasteiger charge is -2.17. The summed E-state index contributed by atoms with van der Waals surface area (Å²) in [6.45, 7) is 4.30. The van der Waals surface area contributed by atoms with E-state index in [2.05, 4.69) is 76.1 Å². The predicted octanol–water partition coefficient (Wildman–Crippen LogP) is 3.91. The largest absolute Gasteiger partial charge is 0.303 e. The summed E-state index contributed by atoms with van der Waals surface area (Å²) in [7, 11) is 0. The molecule has 1 atom stereocenters. The fraction of sp³-hybridized carbons (Fsp3) is 0.150. The molecule has 0 spiro atoms. The van der Waals surface area contributed by atoms with Crippen molar-refractivity contribution < 1.29 is 0 Å². The molecule has 2 aromatic carbocycles. The Bertz CT molecular complexity index is 971. The smallest absolute Gasteiger partial charge is 0.123 e. The van der Waals surface area contributed by atoms with Crippen molar-refractivity contribution in [2.24, 2.45) is 0 Å². The van der Waals surface area contributed by atoms with Gasteiger partial charge in [-0.1, -0.05) is 43.3 Å². The number of hydrogen-bond acceptors (Lipinski definition) is 3. The zero-order valence-electron chi connectivity index (χ0n) is 14.2. The molecule has 5 nitrogen and oxygen atoms in total. The lowest BCUT2D eigenvalue weighted by atomic mass is 10.0. The van der Waals surface area contributed by atoms with Gasteiger partial charge in [-0.05, 0) is 30.2 Å². The van der Waals surface area contributed by atoms with Crippen LogP contribution in [0.4, 0.5) is 0 Å². The van der Waals surface area contributed by atoms with Gasteiger partial charge in [-0.3, -0.25) is 4.57 Å². The van der Waals surface area contributed by atoms with Crippen molar-refractivity contribution in [1.29, 1.82) is 0 Å². The van der Waals surface area contributed by atoms with Gasteiger partial charge in [0.25, 0.3) is 0 Å². The van der Waals surface area contributed by atoms with Crippen LogP contribution in [0, 0.1) is 6.92 Å². The highest BCUT2D eigenvalue weighted by Gasteiger charge is 2.16. The Hall–Kier alpha value is -3.21. The summed E-state index contributed by atoms with van der Waals surface area (Å²) in [5.41, 5.74) is 4.58. The first kappa shape index (κ1) is 15.3. The van der Waals surface area contributed by atoms with Crippen LogP contribution in [0.2, 0.25) is 0 Å². The van der Waals surface area contributed by atoms with Crippen molar-refractivity contribution in [2.75, 3.05) is 0 Å². The third-order valence-corrected chi connectivity index (χ3v) is 4.53. The van der Waals surface area contributed by atoms with Crippen LogP contribution >= 0.6 is 0 Å². The molecule has 2 heterocycles. The molecule has 0 unspecified atom stereocenters. The van der Waals surface area contributed by atoms with Crippen molar-refractivity contribution in [3.63, 3.8) is 0 Å². The zero-order valence-corrected chi connectivity index (χ0v) is 14.2. The Morgan fingerprint density at radius 1 is 0.960 bits per heavy atom. The molecule has 0 aliphatic heterocycles. The van der Waals surface area contributed by atoms with Crippen LogP contribution in [0.15, 0.2) is 73.6 Å². The summed E-state index contributed by atoms with van der Waals surface area (Å²) >= 11 is 0. The second kappa shape index (κ2) is 6.36. The van der Waals surface area contributed by atoms with Crippen LogP contribution in [-0.4, -0.2) is 24.3 Å². The molecule has 0 saturated heterocycles. The van der Waals surface area contributed by atoms with Crippen molar-refractivity contribution >= 4 is 0 Å². The van der Waals surface area contributed by atoms with Gasteiger partial charge in [0.15, 0.2) is 0 Å². The van der Waals surface area contributed by atoms with E-state index in [-0.39, 0.29) is 5.92 Å². The topological polar surface area (TPSA) is 48.5 Å². The van der Waals surface area contributed by atoms with E-state index >= 15 is 0 Å². The number of hydrogen-bond donors (Lipinski definition) is 0. The first-order valence-corrected chi connectivity index (χ1v) is 8.28. The molecule has 0 amide bonds. The standard InChI is InChI=1S/C20H19N5/c1-15-8-9-18(24-13-22-23-14-24)12-19(15)25-11-10-21-20(25)16(2)17-6-4-3-5-7-17/h3-14,16H,1-2H3/t16-/m0/s1. The molecule has 0 radical (unpaired) electrons. The van der Waals surface area contributed by atoms with E-state index in [0.29, 0.717) is 0 Å². The Morgan fingerprint density at radius 2 is 1.72 bits per heavy atom. The molecular weight excluding hydrogens is 310 g/mol. The monoisotopic (exact) mass is 329 g/mol. The maximum absolute atomic E-state index is 4.63.